The first kappa shape index (κ1) is 18.3. The Labute approximate surface area is 138 Å². The smallest absolute Gasteiger partial charge is 0.141 e. The maximum Gasteiger partial charge on any atom is 0.141 e. The van der Waals surface area contributed by atoms with Crippen molar-refractivity contribution in [1.82, 2.24) is 10.3 Å². The predicted octanol–water partition coefficient (Wildman–Crippen LogP) is 2.92. The number of nitrogens with zero attached hydrogens (tertiary/aromatic N) is 1. The number of aromatic nitrogens is 1. The van der Waals surface area contributed by atoms with Crippen LogP contribution in [0, 0.1) is 11.7 Å². The molecular formula is C18H30FN3O. The molecule has 1 atom stereocenters. The van der Waals surface area contributed by atoms with Crippen LogP contribution in [0.15, 0.2) is 18.5 Å². The number of aliphatic hydroxyl groups excluding tert-OH is 1. The molecule has 0 aromatic carbocycles. The summed E-state index contributed by atoms with van der Waals surface area (Å²) in [6.07, 6.45) is 8.89. The van der Waals surface area contributed by atoms with Crippen LogP contribution in [0.5, 0.6) is 0 Å². The molecule has 1 fully saturated rings. The Morgan fingerprint density at radius 3 is 2.70 bits per heavy atom. The monoisotopic (exact) mass is 323 g/mol. The van der Waals surface area contributed by atoms with Gasteiger partial charge in [0.25, 0.3) is 0 Å². The first-order chi connectivity index (χ1) is 10.9. The van der Waals surface area contributed by atoms with Crippen molar-refractivity contribution in [1.29, 1.82) is 0 Å². The number of hydrogen-bond donors (Lipinski definition) is 3. The first-order valence-electron chi connectivity index (χ1n) is 8.65. The molecule has 5 heteroatoms. The SMILES string of the molecule is CC(C)(CCC1CCC(N)CC1)NCC(O)c1cncc(F)c1. The van der Waals surface area contributed by atoms with Gasteiger partial charge in [0.1, 0.15) is 5.82 Å². The van der Waals surface area contributed by atoms with E-state index in [1.54, 1.807) is 0 Å². The highest BCUT2D eigenvalue weighted by Crippen LogP contribution is 2.29. The van der Waals surface area contributed by atoms with E-state index in [1.807, 2.05) is 0 Å². The van der Waals surface area contributed by atoms with Crippen molar-refractivity contribution in [2.75, 3.05) is 6.54 Å². The molecular weight excluding hydrogens is 293 g/mol. The van der Waals surface area contributed by atoms with Gasteiger partial charge in [-0.05, 0) is 64.4 Å². The molecule has 1 heterocycles. The molecule has 1 saturated carbocycles. The molecule has 1 aliphatic carbocycles. The molecule has 1 unspecified atom stereocenters. The lowest BCUT2D eigenvalue weighted by atomic mass is 9.81. The molecule has 1 aliphatic rings. The third kappa shape index (κ3) is 6.16. The molecule has 1 aromatic heterocycles. The molecule has 0 radical (unpaired) electrons. The van der Waals surface area contributed by atoms with Crippen LogP contribution in [0.25, 0.3) is 0 Å². The van der Waals surface area contributed by atoms with Crippen LogP contribution in [0.1, 0.15) is 64.0 Å². The molecule has 4 N–H and O–H groups in total. The topological polar surface area (TPSA) is 71.2 Å². The van der Waals surface area contributed by atoms with Crippen LogP contribution in [0.4, 0.5) is 4.39 Å². The van der Waals surface area contributed by atoms with E-state index < -0.39 is 11.9 Å². The van der Waals surface area contributed by atoms with Crippen molar-refractivity contribution in [3.63, 3.8) is 0 Å². The highest BCUT2D eigenvalue weighted by molar-refractivity contribution is 5.13. The third-order valence-electron chi connectivity index (χ3n) is 4.95. The van der Waals surface area contributed by atoms with Crippen molar-refractivity contribution in [3.8, 4) is 0 Å². The lowest BCUT2D eigenvalue weighted by Gasteiger charge is -2.32. The third-order valence-corrected chi connectivity index (χ3v) is 4.95. The molecule has 0 aliphatic heterocycles. The first-order valence-corrected chi connectivity index (χ1v) is 8.65. The van der Waals surface area contributed by atoms with E-state index in [2.05, 4.69) is 24.1 Å². The van der Waals surface area contributed by atoms with Crippen LogP contribution >= 0.6 is 0 Å². The quantitative estimate of drug-likeness (QED) is 0.721. The molecule has 0 bridgehead atoms. The Bertz CT molecular complexity index is 487. The molecule has 0 amide bonds. The zero-order valence-corrected chi connectivity index (χ0v) is 14.3. The molecule has 23 heavy (non-hydrogen) atoms. The van der Waals surface area contributed by atoms with Gasteiger partial charge < -0.3 is 16.2 Å². The summed E-state index contributed by atoms with van der Waals surface area (Å²) in [5, 5.41) is 13.6. The molecule has 0 saturated heterocycles. The van der Waals surface area contributed by atoms with Crippen LogP contribution in [-0.2, 0) is 0 Å². The number of hydrogen-bond acceptors (Lipinski definition) is 4. The van der Waals surface area contributed by atoms with E-state index in [0.717, 1.165) is 31.4 Å². The number of pyridine rings is 1. The van der Waals surface area contributed by atoms with Gasteiger partial charge in [0.05, 0.1) is 12.3 Å². The van der Waals surface area contributed by atoms with Crippen LogP contribution < -0.4 is 11.1 Å². The highest BCUT2D eigenvalue weighted by Gasteiger charge is 2.23. The van der Waals surface area contributed by atoms with Crippen molar-refractivity contribution >= 4 is 0 Å². The second-order valence-electron chi connectivity index (χ2n) is 7.54. The second-order valence-corrected chi connectivity index (χ2v) is 7.54. The minimum absolute atomic E-state index is 0.0543. The predicted molar refractivity (Wildman–Crippen MR) is 90.4 cm³/mol. The lowest BCUT2D eigenvalue weighted by molar-refractivity contribution is 0.155. The van der Waals surface area contributed by atoms with E-state index in [0.29, 0.717) is 18.2 Å². The van der Waals surface area contributed by atoms with Crippen LogP contribution in [-0.4, -0.2) is 28.2 Å². The van der Waals surface area contributed by atoms with Crippen LogP contribution in [0.2, 0.25) is 0 Å². The largest absolute Gasteiger partial charge is 0.387 e. The van der Waals surface area contributed by atoms with Gasteiger partial charge in [-0.3, -0.25) is 4.98 Å². The summed E-state index contributed by atoms with van der Waals surface area (Å²) in [6, 6.07) is 1.73. The Kier molecular flexibility index (Phi) is 6.50. The van der Waals surface area contributed by atoms with Crippen molar-refractivity contribution in [3.05, 3.63) is 29.8 Å². The zero-order valence-electron chi connectivity index (χ0n) is 14.3. The minimum atomic E-state index is -0.745. The second kappa shape index (κ2) is 8.18. The van der Waals surface area contributed by atoms with Gasteiger partial charge in [-0.25, -0.2) is 4.39 Å². The Morgan fingerprint density at radius 2 is 2.04 bits per heavy atom. The van der Waals surface area contributed by atoms with E-state index in [-0.39, 0.29) is 5.54 Å². The van der Waals surface area contributed by atoms with E-state index in [1.165, 1.54) is 31.5 Å². The number of nitrogens with one attached hydrogen (secondary N) is 1. The van der Waals surface area contributed by atoms with Gasteiger partial charge >= 0.3 is 0 Å². The zero-order chi connectivity index (χ0) is 16.9. The normalized spacial score (nSPS) is 23.7. The summed E-state index contributed by atoms with van der Waals surface area (Å²) < 4.78 is 13.2. The average Bonchev–Trinajstić information content (AvgIpc) is 2.52. The molecule has 1 aromatic rings. The molecule has 4 nitrogen and oxygen atoms in total. The molecule has 0 spiro atoms. The van der Waals surface area contributed by atoms with Gasteiger partial charge in [-0.15, -0.1) is 0 Å². The Balaban J connectivity index is 1.74. The Hall–Kier alpha value is -1.04. The van der Waals surface area contributed by atoms with Gasteiger partial charge in [0.15, 0.2) is 0 Å². The summed E-state index contributed by atoms with van der Waals surface area (Å²) in [7, 11) is 0. The maximum absolute atomic E-state index is 13.2. The summed E-state index contributed by atoms with van der Waals surface area (Å²) in [6.45, 7) is 4.70. The number of rotatable bonds is 7. The van der Waals surface area contributed by atoms with E-state index in [4.69, 9.17) is 5.73 Å². The minimum Gasteiger partial charge on any atom is -0.387 e. The number of β-amino-alcohol motifs (C(OH)–C–C–N with tert-alkyl or cyclic N) is 1. The fourth-order valence-electron chi connectivity index (χ4n) is 3.23. The molecule has 2 rings (SSSR count). The molecule has 130 valence electrons. The van der Waals surface area contributed by atoms with E-state index >= 15 is 0 Å². The van der Waals surface area contributed by atoms with Crippen LogP contribution in [0.3, 0.4) is 0 Å². The van der Waals surface area contributed by atoms with E-state index in [9.17, 15) is 9.50 Å². The highest BCUT2D eigenvalue weighted by atomic mass is 19.1. The van der Waals surface area contributed by atoms with Crippen molar-refractivity contribution < 1.29 is 9.50 Å². The lowest BCUT2D eigenvalue weighted by Crippen LogP contribution is -2.42. The van der Waals surface area contributed by atoms with Gasteiger partial charge in [-0.1, -0.05) is 0 Å². The summed E-state index contributed by atoms with van der Waals surface area (Å²) >= 11 is 0. The van der Waals surface area contributed by atoms with Crippen molar-refractivity contribution in [2.24, 2.45) is 11.7 Å². The fourth-order valence-corrected chi connectivity index (χ4v) is 3.23. The average molecular weight is 323 g/mol. The number of aliphatic hydroxyl groups is 1. The van der Waals surface area contributed by atoms with Gasteiger partial charge in [-0.2, -0.15) is 0 Å². The Morgan fingerprint density at radius 1 is 1.35 bits per heavy atom. The standard InChI is InChI=1S/C18H30FN3O/c1-18(2,8-7-13-3-5-16(20)6-4-13)22-12-17(23)14-9-15(19)11-21-10-14/h9-11,13,16-17,22-23H,3-8,12,20H2,1-2H3. The fraction of sp³-hybridized carbons (Fsp3) is 0.722. The van der Waals surface area contributed by atoms with Gasteiger partial charge in [0, 0.05) is 29.9 Å². The van der Waals surface area contributed by atoms with Gasteiger partial charge in [0.2, 0.25) is 0 Å². The summed E-state index contributed by atoms with van der Waals surface area (Å²) in [5.74, 6) is 0.351. The maximum atomic E-state index is 13.2. The summed E-state index contributed by atoms with van der Waals surface area (Å²) in [5.41, 5.74) is 6.41. The number of halogens is 1. The number of nitrogens with two attached hydrogens (primary N) is 1. The summed E-state index contributed by atoms with van der Waals surface area (Å²) in [4.78, 5) is 3.78. The van der Waals surface area contributed by atoms with Crippen molar-refractivity contribution in [2.45, 2.75) is 70.1 Å².